The topological polar surface area (TPSA) is 72.9 Å². The molecule has 6 heteroatoms. The van der Waals surface area contributed by atoms with E-state index in [4.69, 9.17) is 0 Å². The van der Waals surface area contributed by atoms with Crippen LogP contribution in [-0.4, -0.2) is 65.7 Å². The van der Waals surface area contributed by atoms with E-state index in [1.807, 2.05) is 12.1 Å². The second kappa shape index (κ2) is 13.5. The molecule has 270 valence electrons. The molecule has 1 heterocycles. The third kappa shape index (κ3) is 6.42. The Morgan fingerprint density at radius 1 is 0.959 bits per heavy atom. The second-order valence-corrected chi connectivity index (χ2v) is 18.3. The first-order chi connectivity index (χ1) is 23.1. The van der Waals surface area contributed by atoms with E-state index in [0.717, 1.165) is 63.8 Å². The zero-order chi connectivity index (χ0) is 35.4. The van der Waals surface area contributed by atoms with Gasteiger partial charge in [-0.05, 0) is 154 Å². The van der Waals surface area contributed by atoms with Gasteiger partial charge < -0.3 is 20.2 Å². The van der Waals surface area contributed by atoms with E-state index in [0.29, 0.717) is 35.2 Å². The van der Waals surface area contributed by atoms with Gasteiger partial charge in [-0.3, -0.25) is 0 Å². The van der Waals surface area contributed by atoms with Gasteiger partial charge in [-0.1, -0.05) is 71.4 Å². The van der Waals surface area contributed by atoms with Crippen molar-refractivity contribution in [1.82, 2.24) is 15.1 Å². The van der Waals surface area contributed by atoms with E-state index in [1.165, 1.54) is 49.7 Å². The number of hydrogen-bond donors (Lipinski definition) is 2. The fourth-order valence-corrected chi connectivity index (χ4v) is 12.2. The summed E-state index contributed by atoms with van der Waals surface area (Å²) in [7, 11) is 2.17. The lowest BCUT2D eigenvalue weighted by atomic mass is 9.42. The van der Waals surface area contributed by atoms with Crippen molar-refractivity contribution in [3.8, 4) is 0 Å². The zero-order valence-corrected chi connectivity index (χ0v) is 31.7. The van der Waals surface area contributed by atoms with Gasteiger partial charge in [0.05, 0.1) is 5.56 Å². The predicted octanol–water partition coefficient (Wildman–Crippen LogP) is 9.53. The van der Waals surface area contributed by atoms with E-state index >= 15 is 0 Å². The number of hydrogen-bond acceptors (Lipinski definition) is 3. The lowest BCUT2D eigenvalue weighted by Gasteiger charge is -2.64. The third-order valence-corrected chi connectivity index (χ3v) is 15.4. The Morgan fingerprint density at radius 2 is 1.69 bits per heavy atom. The van der Waals surface area contributed by atoms with Crippen LogP contribution in [0.1, 0.15) is 128 Å². The molecule has 1 aliphatic heterocycles. The van der Waals surface area contributed by atoms with Gasteiger partial charge in [-0.2, -0.15) is 0 Å². The number of carboxylic acids is 1. The SMILES string of the molecule is C=C(C)C1CCC2(NC(=O)N3CCCN(C)CC3)CCC3(C)C(CCCC3(C)CCC3C(C)CC=C(c4ccc(C(=O)O)cc4)C3(C)C)C12. The van der Waals surface area contributed by atoms with Crippen molar-refractivity contribution in [2.24, 2.45) is 45.8 Å². The van der Waals surface area contributed by atoms with Crippen molar-refractivity contribution in [3.63, 3.8) is 0 Å². The molecule has 1 saturated heterocycles. The number of aromatic carboxylic acids is 1. The van der Waals surface area contributed by atoms with E-state index < -0.39 is 5.97 Å². The molecule has 4 aliphatic carbocycles. The van der Waals surface area contributed by atoms with Crippen LogP contribution in [0.5, 0.6) is 0 Å². The molecule has 4 fully saturated rings. The second-order valence-electron chi connectivity index (χ2n) is 18.3. The van der Waals surface area contributed by atoms with Crippen LogP contribution in [-0.2, 0) is 0 Å². The van der Waals surface area contributed by atoms with Crippen LogP contribution >= 0.6 is 0 Å². The summed E-state index contributed by atoms with van der Waals surface area (Å²) in [6.07, 6.45) is 15.3. The Morgan fingerprint density at radius 3 is 2.39 bits per heavy atom. The molecule has 5 aliphatic rings. The molecule has 6 nitrogen and oxygen atoms in total. The number of nitrogens with zero attached hydrogens (tertiary/aromatic N) is 2. The van der Waals surface area contributed by atoms with E-state index in [9.17, 15) is 14.7 Å². The largest absolute Gasteiger partial charge is 0.478 e. The molecule has 49 heavy (non-hydrogen) atoms. The molecule has 6 rings (SSSR count). The van der Waals surface area contributed by atoms with Crippen molar-refractivity contribution >= 4 is 17.6 Å². The minimum Gasteiger partial charge on any atom is -0.478 e. The molecule has 8 unspecified atom stereocenters. The first kappa shape index (κ1) is 36.2. The van der Waals surface area contributed by atoms with Gasteiger partial charge in [0.2, 0.25) is 0 Å². The molecule has 8 atom stereocenters. The minimum atomic E-state index is -0.873. The Labute approximate surface area is 297 Å². The first-order valence-corrected chi connectivity index (χ1v) is 19.6. The monoisotopic (exact) mass is 672 g/mol. The van der Waals surface area contributed by atoms with Crippen LogP contribution in [0.3, 0.4) is 0 Å². The maximum Gasteiger partial charge on any atom is 0.335 e. The summed E-state index contributed by atoms with van der Waals surface area (Å²) in [4.78, 5) is 30.0. The zero-order valence-electron chi connectivity index (χ0n) is 31.7. The average molecular weight is 672 g/mol. The molecule has 1 aromatic rings. The van der Waals surface area contributed by atoms with E-state index in [-0.39, 0.29) is 27.8 Å². The quantitative estimate of drug-likeness (QED) is 0.283. The Bertz CT molecular complexity index is 1450. The third-order valence-electron chi connectivity index (χ3n) is 15.4. The highest BCUT2D eigenvalue weighted by atomic mass is 16.4. The van der Waals surface area contributed by atoms with Gasteiger partial charge in [0.25, 0.3) is 0 Å². The van der Waals surface area contributed by atoms with Crippen LogP contribution in [0.15, 0.2) is 42.5 Å². The van der Waals surface area contributed by atoms with E-state index in [2.05, 4.69) is 76.4 Å². The number of allylic oxidation sites excluding steroid dienone is 3. The highest BCUT2D eigenvalue weighted by Crippen LogP contribution is 2.69. The molecule has 0 bridgehead atoms. The van der Waals surface area contributed by atoms with Gasteiger partial charge in [0.1, 0.15) is 0 Å². The van der Waals surface area contributed by atoms with Gasteiger partial charge in [-0.15, -0.1) is 0 Å². The summed E-state index contributed by atoms with van der Waals surface area (Å²) < 4.78 is 0. The van der Waals surface area contributed by atoms with Crippen molar-refractivity contribution in [2.45, 2.75) is 118 Å². The maximum atomic E-state index is 14.0. The average Bonchev–Trinajstić information content (AvgIpc) is 3.28. The number of benzene rings is 1. The fraction of sp³-hybridized carbons (Fsp3) is 0.721. The number of carbonyl (C=O) groups is 2. The number of carboxylic acid groups (broad SMARTS) is 1. The van der Waals surface area contributed by atoms with Gasteiger partial charge in [-0.25, -0.2) is 9.59 Å². The van der Waals surface area contributed by atoms with Crippen LogP contribution in [0, 0.1) is 45.8 Å². The summed E-state index contributed by atoms with van der Waals surface area (Å²) in [6, 6.07) is 7.70. The minimum absolute atomic E-state index is 0.00161. The van der Waals surface area contributed by atoms with Crippen molar-refractivity contribution in [2.75, 3.05) is 33.2 Å². The Kier molecular flexibility index (Phi) is 9.98. The number of fused-ring (bicyclic) bond motifs is 3. The van der Waals surface area contributed by atoms with Gasteiger partial charge >= 0.3 is 12.0 Å². The summed E-state index contributed by atoms with van der Waals surface area (Å²) in [5.41, 5.74) is 4.52. The summed E-state index contributed by atoms with van der Waals surface area (Å²) in [6.45, 7) is 23.0. The molecule has 1 aromatic carbocycles. The van der Waals surface area contributed by atoms with Crippen LogP contribution in [0.2, 0.25) is 0 Å². The molecule has 0 spiro atoms. The summed E-state index contributed by atoms with van der Waals surface area (Å²) >= 11 is 0. The first-order valence-electron chi connectivity index (χ1n) is 19.6. The molecule has 0 radical (unpaired) electrons. The lowest BCUT2D eigenvalue weighted by Crippen LogP contribution is -2.65. The summed E-state index contributed by atoms with van der Waals surface area (Å²) in [5.74, 6) is 1.79. The molecular weight excluding hydrogens is 606 g/mol. The number of likely N-dealkylation sites (N-methyl/N-ethyl adjacent to an activating group) is 1. The van der Waals surface area contributed by atoms with Crippen LogP contribution < -0.4 is 5.32 Å². The number of urea groups is 1. The smallest absolute Gasteiger partial charge is 0.335 e. The van der Waals surface area contributed by atoms with Crippen molar-refractivity contribution in [1.29, 1.82) is 0 Å². The van der Waals surface area contributed by atoms with Crippen molar-refractivity contribution < 1.29 is 14.7 Å². The highest BCUT2D eigenvalue weighted by Gasteiger charge is 2.64. The standard InChI is InChI=1S/C43H65N3O3/c1-29(2)33-18-22-43(44-39(49)46-26-10-25-45(8)27-28-46)24-23-42(7)36(37(33)43)11-9-20-41(42,6)21-19-34-30(3)12-17-35(40(34,4)5)31-13-15-32(16-14-31)38(47)48/h13-17,30,33-34,36-37H,1,9-12,18-28H2,2-8H3,(H,44,49)(H,47,48). The molecule has 0 aromatic heterocycles. The Hall–Kier alpha value is -2.60. The molecular formula is C43H65N3O3. The maximum absolute atomic E-state index is 14.0. The molecule has 3 saturated carbocycles. The Balaban J connectivity index is 1.23. The number of rotatable bonds is 7. The molecule has 2 amide bonds. The summed E-state index contributed by atoms with van der Waals surface area (Å²) in [5, 5.41) is 13.2. The highest BCUT2D eigenvalue weighted by molar-refractivity contribution is 5.88. The van der Waals surface area contributed by atoms with Crippen LogP contribution in [0.4, 0.5) is 4.79 Å². The van der Waals surface area contributed by atoms with Gasteiger partial charge in [0.15, 0.2) is 0 Å². The number of nitrogens with one attached hydrogen (secondary N) is 1. The fourth-order valence-electron chi connectivity index (χ4n) is 12.2. The van der Waals surface area contributed by atoms with Crippen molar-refractivity contribution in [3.05, 3.63) is 53.6 Å². The predicted molar refractivity (Wildman–Crippen MR) is 200 cm³/mol. The number of amides is 2. The van der Waals surface area contributed by atoms with Crippen LogP contribution in [0.25, 0.3) is 5.57 Å². The van der Waals surface area contributed by atoms with E-state index in [1.54, 1.807) is 12.1 Å². The lowest BCUT2D eigenvalue weighted by molar-refractivity contribution is -0.128. The molecule has 2 N–H and O–H groups in total. The normalized spacial score (nSPS) is 37.7. The van der Waals surface area contributed by atoms with Gasteiger partial charge in [0, 0.05) is 25.2 Å². The number of carbonyl (C=O) groups excluding carboxylic acids is 1.